The van der Waals surface area contributed by atoms with Crippen LogP contribution in [0.5, 0.6) is 0 Å². The number of hydrogen-bond donors (Lipinski definition) is 3. The van der Waals surface area contributed by atoms with Gasteiger partial charge >= 0.3 is 6.18 Å². The summed E-state index contributed by atoms with van der Waals surface area (Å²) in [5.41, 5.74) is 0.269. The molecule has 0 aromatic carbocycles. The molecule has 2 rings (SSSR count). The van der Waals surface area contributed by atoms with Crippen molar-refractivity contribution in [2.75, 3.05) is 13.2 Å². The number of aliphatic hydroxyl groups is 2. The number of aliphatic hydroxyl groups excluding tert-OH is 2. The molecule has 9 heteroatoms. The van der Waals surface area contributed by atoms with Crippen molar-refractivity contribution >= 4 is 17.2 Å². The van der Waals surface area contributed by atoms with Gasteiger partial charge in [0.25, 0.3) is 5.91 Å². The van der Waals surface area contributed by atoms with Crippen LogP contribution in [0.4, 0.5) is 13.2 Å². The lowest BCUT2D eigenvalue weighted by atomic mass is 10.1. The normalized spacial score (nSPS) is 12.9. The molecule has 0 aliphatic heterocycles. The number of amides is 1. The minimum absolute atomic E-state index is 0.00248. The number of rotatable bonds is 5. The van der Waals surface area contributed by atoms with Crippen molar-refractivity contribution in [2.45, 2.75) is 12.3 Å². The van der Waals surface area contributed by atoms with E-state index < -0.39 is 29.7 Å². The van der Waals surface area contributed by atoms with Gasteiger partial charge in [0.05, 0.1) is 12.7 Å². The Labute approximate surface area is 133 Å². The molecular formula is C14H13F3N2O3S. The van der Waals surface area contributed by atoms with Crippen LogP contribution in [0.25, 0.3) is 11.1 Å². The van der Waals surface area contributed by atoms with Crippen LogP contribution >= 0.6 is 11.3 Å². The molecule has 0 saturated heterocycles. The van der Waals surface area contributed by atoms with Gasteiger partial charge in [0.1, 0.15) is 10.6 Å². The molecule has 0 saturated carbocycles. The summed E-state index contributed by atoms with van der Waals surface area (Å²) in [6, 6.07) is 4.03. The number of nitrogens with one attached hydrogen (secondary N) is 1. The van der Waals surface area contributed by atoms with Crippen molar-refractivity contribution in [2.24, 2.45) is 0 Å². The predicted molar refractivity (Wildman–Crippen MR) is 78.0 cm³/mol. The van der Waals surface area contributed by atoms with Crippen molar-refractivity contribution in [1.82, 2.24) is 10.3 Å². The van der Waals surface area contributed by atoms with Gasteiger partial charge in [-0.05, 0) is 17.5 Å². The second-order valence-electron chi connectivity index (χ2n) is 4.64. The van der Waals surface area contributed by atoms with Crippen molar-refractivity contribution in [3.63, 3.8) is 0 Å². The first-order chi connectivity index (χ1) is 10.8. The second kappa shape index (κ2) is 7.07. The third kappa shape index (κ3) is 4.27. The van der Waals surface area contributed by atoms with E-state index >= 15 is 0 Å². The molecule has 0 bridgehead atoms. The van der Waals surface area contributed by atoms with E-state index in [-0.39, 0.29) is 23.4 Å². The molecule has 0 aliphatic carbocycles. The van der Waals surface area contributed by atoms with Crippen molar-refractivity contribution in [1.29, 1.82) is 0 Å². The summed E-state index contributed by atoms with van der Waals surface area (Å²) >= 11 is 0.592. The van der Waals surface area contributed by atoms with Crippen LogP contribution < -0.4 is 5.32 Å². The average Bonchev–Trinajstić information content (AvgIpc) is 3.02. The highest BCUT2D eigenvalue weighted by atomic mass is 32.1. The van der Waals surface area contributed by atoms with E-state index in [9.17, 15) is 18.0 Å². The predicted octanol–water partition coefficient (Wildman–Crippen LogP) is 1.91. The van der Waals surface area contributed by atoms with Crippen LogP contribution in [0.3, 0.4) is 0 Å². The van der Waals surface area contributed by atoms with Gasteiger partial charge in [-0.3, -0.25) is 9.78 Å². The van der Waals surface area contributed by atoms with E-state index in [1.807, 2.05) is 0 Å². The van der Waals surface area contributed by atoms with Crippen molar-refractivity contribution < 1.29 is 28.2 Å². The molecule has 1 atom stereocenters. The molecule has 23 heavy (non-hydrogen) atoms. The van der Waals surface area contributed by atoms with Crippen LogP contribution in [0.15, 0.2) is 29.8 Å². The number of alkyl halides is 3. The van der Waals surface area contributed by atoms with Gasteiger partial charge in [-0.2, -0.15) is 13.2 Å². The standard InChI is InChI=1S/C14H13F3N2O3S/c15-14(16,17)12-10(3-4-23-12)8-1-2-11(18-5-8)13(22)19-6-9(21)7-20/h1-5,9,20-21H,6-7H2,(H,19,22). The van der Waals surface area contributed by atoms with Gasteiger partial charge in [-0.15, -0.1) is 11.3 Å². The highest BCUT2D eigenvalue weighted by Gasteiger charge is 2.35. The fourth-order valence-electron chi connectivity index (χ4n) is 1.81. The van der Waals surface area contributed by atoms with Crippen LogP contribution in [-0.4, -0.2) is 40.4 Å². The first kappa shape index (κ1) is 17.4. The molecule has 0 fully saturated rings. The van der Waals surface area contributed by atoms with E-state index in [2.05, 4.69) is 10.3 Å². The molecule has 124 valence electrons. The zero-order chi connectivity index (χ0) is 17.0. The summed E-state index contributed by atoms with van der Waals surface area (Å²) < 4.78 is 38.6. The zero-order valence-electron chi connectivity index (χ0n) is 11.7. The van der Waals surface area contributed by atoms with Crippen LogP contribution in [-0.2, 0) is 6.18 Å². The monoisotopic (exact) mass is 346 g/mol. The number of halogens is 3. The molecule has 3 N–H and O–H groups in total. The van der Waals surface area contributed by atoms with Gasteiger partial charge < -0.3 is 15.5 Å². The molecule has 1 unspecified atom stereocenters. The molecule has 1 amide bonds. The minimum Gasteiger partial charge on any atom is -0.394 e. The third-order valence-corrected chi connectivity index (χ3v) is 3.90. The number of nitrogens with zero attached hydrogens (tertiary/aromatic N) is 1. The number of thiophene rings is 1. The van der Waals surface area contributed by atoms with Gasteiger partial charge in [-0.25, -0.2) is 0 Å². The van der Waals surface area contributed by atoms with E-state index in [1.54, 1.807) is 0 Å². The maximum absolute atomic E-state index is 12.9. The summed E-state index contributed by atoms with van der Waals surface area (Å²) in [5, 5.41) is 21.5. The summed E-state index contributed by atoms with van der Waals surface area (Å²) in [7, 11) is 0. The molecule has 0 aliphatic rings. The molecule has 2 aromatic heterocycles. The largest absolute Gasteiger partial charge is 0.426 e. The number of carbonyl (C=O) groups excluding carboxylic acids is 1. The Morgan fingerprint density at radius 1 is 1.35 bits per heavy atom. The Morgan fingerprint density at radius 3 is 2.65 bits per heavy atom. The Kier molecular flexibility index (Phi) is 5.34. The maximum Gasteiger partial charge on any atom is 0.426 e. The summed E-state index contributed by atoms with van der Waals surface area (Å²) in [6.45, 7) is -0.646. The fraction of sp³-hybridized carbons (Fsp3) is 0.286. The lowest BCUT2D eigenvalue weighted by molar-refractivity contribution is -0.133. The van der Waals surface area contributed by atoms with Crippen LogP contribution in [0, 0.1) is 0 Å². The first-order valence-corrected chi connectivity index (χ1v) is 7.39. The molecule has 2 heterocycles. The summed E-state index contributed by atoms with van der Waals surface area (Å²) in [4.78, 5) is 14.9. The topological polar surface area (TPSA) is 82.5 Å². The zero-order valence-corrected chi connectivity index (χ0v) is 12.5. The van der Waals surface area contributed by atoms with Crippen molar-refractivity contribution in [3.05, 3.63) is 40.3 Å². The smallest absolute Gasteiger partial charge is 0.394 e. The summed E-state index contributed by atoms with van der Waals surface area (Å²) in [5.74, 6) is -0.592. The maximum atomic E-state index is 12.9. The van der Waals surface area contributed by atoms with Gasteiger partial charge in [-0.1, -0.05) is 6.07 Å². The molecular weight excluding hydrogens is 333 g/mol. The van der Waals surface area contributed by atoms with E-state index in [0.29, 0.717) is 11.3 Å². The van der Waals surface area contributed by atoms with Crippen LogP contribution in [0.1, 0.15) is 15.4 Å². The van der Waals surface area contributed by atoms with Gasteiger partial charge in [0, 0.05) is 23.9 Å². The quantitative estimate of drug-likeness (QED) is 0.772. The Hall–Kier alpha value is -1.97. The van der Waals surface area contributed by atoms with E-state index in [4.69, 9.17) is 10.2 Å². The highest BCUT2D eigenvalue weighted by molar-refractivity contribution is 7.10. The number of pyridine rings is 1. The lowest BCUT2D eigenvalue weighted by Gasteiger charge is -2.10. The Morgan fingerprint density at radius 2 is 2.09 bits per heavy atom. The molecule has 0 radical (unpaired) electrons. The Bertz CT molecular complexity index is 671. The first-order valence-electron chi connectivity index (χ1n) is 6.51. The minimum atomic E-state index is -4.44. The van der Waals surface area contributed by atoms with E-state index in [0.717, 1.165) is 0 Å². The van der Waals surface area contributed by atoms with Crippen molar-refractivity contribution in [3.8, 4) is 11.1 Å². The molecule has 2 aromatic rings. The third-order valence-electron chi connectivity index (χ3n) is 2.94. The number of hydrogen-bond acceptors (Lipinski definition) is 5. The van der Waals surface area contributed by atoms with E-state index in [1.165, 1.54) is 29.8 Å². The SMILES string of the molecule is O=C(NCC(O)CO)c1ccc(-c2ccsc2C(F)(F)F)cn1. The molecule has 0 spiro atoms. The highest BCUT2D eigenvalue weighted by Crippen LogP contribution is 2.40. The number of aromatic nitrogens is 1. The average molecular weight is 346 g/mol. The lowest BCUT2D eigenvalue weighted by Crippen LogP contribution is -2.34. The van der Waals surface area contributed by atoms with Gasteiger partial charge in [0.2, 0.25) is 0 Å². The second-order valence-corrected chi connectivity index (χ2v) is 5.56. The Balaban J connectivity index is 2.14. The fourth-order valence-corrected chi connectivity index (χ4v) is 2.60. The van der Waals surface area contributed by atoms with Gasteiger partial charge in [0.15, 0.2) is 0 Å². The number of carbonyl (C=O) groups is 1. The molecule has 5 nitrogen and oxygen atoms in total. The van der Waals surface area contributed by atoms with Crippen LogP contribution in [0.2, 0.25) is 0 Å². The summed E-state index contributed by atoms with van der Waals surface area (Å²) in [6.07, 6.45) is -4.34.